The van der Waals surface area contributed by atoms with Crippen molar-refractivity contribution in [3.8, 4) is 0 Å². The highest BCUT2D eigenvalue weighted by atomic mass is 32.2. The second-order valence-corrected chi connectivity index (χ2v) is 10.7. The number of benzene rings is 2. The molecule has 1 saturated carbocycles. The Balaban J connectivity index is 1.46. The van der Waals surface area contributed by atoms with Crippen LogP contribution in [-0.2, 0) is 19.6 Å². The minimum absolute atomic E-state index is 0.00375. The standard InChI is InChI=1S/C24H28N4O5S/c1-27(19-11-5-4-6-12-19)34(32,33)20-13-9-10-18(16-20)25-21(29)17-28-22(30)24(26-23(28)31)14-7-2-3-8-15-24/h4-6,9-13,16H,2-3,7-8,14-15,17H2,1H3,(H,25,29)(H,26,31). The Morgan fingerprint density at radius 1 is 1.03 bits per heavy atom. The molecule has 4 rings (SSSR count). The first kappa shape index (κ1) is 23.7. The van der Waals surface area contributed by atoms with Gasteiger partial charge < -0.3 is 10.6 Å². The van der Waals surface area contributed by atoms with Gasteiger partial charge in [0.2, 0.25) is 5.91 Å². The number of amides is 4. The van der Waals surface area contributed by atoms with E-state index in [1.54, 1.807) is 36.4 Å². The van der Waals surface area contributed by atoms with Crippen molar-refractivity contribution in [1.29, 1.82) is 0 Å². The first-order chi connectivity index (χ1) is 16.2. The van der Waals surface area contributed by atoms with Gasteiger partial charge in [-0.05, 0) is 43.2 Å². The molecule has 1 aliphatic heterocycles. The van der Waals surface area contributed by atoms with Crippen molar-refractivity contribution >= 4 is 39.2 Å². The minimum atomic E-state index is -3.86. The Bertz CT molecular complexity index is 1190. The molecule has 9 nitrogen and oxygen atoms in total. The Morgan fingerprint density at radius 2 is 1.71 bits per heavy atom. The van der Waals surface area contributed by atoms with Gasteiger partial charge in [0, 0.05) is 12.7 Å². The summed E-state index contributed by atoms with van der Waals surface area (Å²) >= 11 is 0. The molecule has 0 aromatic heterocycles. The van der Waals surface area contributed by atoms with Crippen molar-refractivity contribution < 1.29 is 22.8 Å². The van der Waals surface area contributed by atoms with Crippen LogP contribution in [0.5, 0.6) is 0 Å². The number of anilines is 2. The smallest absolute Gasteiger partial charge is 0.324 e. The predicted molar refractivity (Wildman–Crippen MR) is 128 cm³/mol. The number of urea groups is 1. The molecule has 1 saturated heterocycles. The van der Waals surface area contributed by atoms with Gasteiger partial charge in [0.25, 0.3) is 15.9 Å². The van der Waals surface area contributed by atoms with Crippen molar-refractivity contribution in [3.05, 3.63) is 54.6 Å². The summed E-state index contributed by atoms with van der Waals surface area (Å²) in [4.78, 5) is 39.1. The van der Waals surface area contributed by atoms with E-state index in [2.05, 4.69) is 10.6 Å². The van der Waals surface area contributed by atoms with Crippen LogP contribution < -0.4 is 14.9 Å². The van der Waals surface area contributed by atoms with Crippen LogP contribution >= 0.6 is 0 Å². The van der Waals surface area contributed by atoms with Crippen molar-refractivity contribution in [2.24, 2.45) is 0 Å². The maximum absolute atomic E-state index is 13.0. The van der Waals surface area contributed by atoms with Gasteiger partial charge in [-0.3, -0.25) is 18.8 Å². The van der Waals surface area contributed by atoms with E-state index in [1.165, 1.54) is 25.2 Å². The summed E-state index contributed by atoms with van der Waals surface area (Å²) in [5, 5.41) is 5.42. The number of hydrogen-bond acceptors (Lipinski definition) is 5. The lowest BCUT2D eigenvalue weighted by Crippen LogP contribution is -2.47. The van der Waals surface area contributed by atoms with Crippen molar-refractivity contribution in [2.45, 2.75) is 49.0 Å². The minimum Gasteiger partial charge on any atom is -0.324 e. The highest BCUT2D eigenvalue weighted by molar-refractivity contribution is 7.92. The summed E-state index contributed by atoms with van der Waals surface area (Å²) in [6.45, 7) is -0.437. The highest BCUT2D eigenvalue weighted by Crippen LogP contribution is 2.32. The number of sulfonamides is 1. The number of rotatable bonds is 6. The molecule has 2 aromatic carbocycles. The Hall–Kier alpha value is -3.40. The van der Waals surface area contributed by atoms with E-state index in [-0.39, 0.29) is 16.5 Å². The lowest BCUT2D eigenvalue weighted by atomic mass is 9.90. The van der Waals surface area contributed by atoms with Crippen molar-refractivity contribution in [1.82, 2.24) is 10.2 Å². The van der Waals surface area contributed by atoms with Gasteiger partial charge in [0.15, 0.2) is 0 Å². The normalized spacial score (nSPS) is 17.9. The van der Waals surface area contributed by atoms with Gasteiger partial charge in [-0.15, -0.1) is 0 Å². The van der Waals surface area contributed by atoms with Crippen LogP contribution in [0.3, 0.4) is 0 Å². The Labute approximate surface area is 199 Å². The third kappa shape index (κ3) is 4.63. The van der Waals surface area contributed by atoms with Gasteiger partial charge in [0.1, 0.15) is 12.1 Å². The van der Waals surface area contributed by atoms with E-state index in [1.807, 2.05) is 0 Å². The Morgan fingerprint density at radius 3 is 2.38 bits per heavy atom. The van der Waals surface area contributed by atoms with E-state index < -0.39 is 34.0 Å². The van der Waals surface area contributed by atoms with Gasteiger partial charge in [-0.2, -0.15) is 0 Å². The monoisotopic (exact) mass is 484 g/mol. The van der Waals surface area contributed by atoms with Crippen LogP contribution in [0.15, 0.2) is 59.5 Å². The molecule has 0 radical (unpaired) electrons. The average Bonchev–Trinajstić information content (AvgIpc) is 2.98. The number of para-hydroxylation sites is 1. The van der Waals surface area contributed by atoms with E-state index >= 15 is 0 Å². The molecule has 0 atom stereocenters. The van der Waals surface area contributed by atoms with Crippen LogP contribution in [0.4, 0.5) is 16.2 Å². The number of carbonyl (C=O) groups excluding carboxylic acids is 3. The zero-order chi connectivity index (χ0) is 24.3. The molecule has 0 bridgehead atoms. The molecule has 180 valence electrons. The molecular formula is C24H28N4O5S. The first-order valence-electron chi connectivity index (χ1n) is 11.3. The number of imide groups is 1. The van der Waals surface area contributed by atoms with Crippen LogP contribution in [0.1, 0.15) is 38.5 Å². The third-order valence-electron chi connectivity index (χ3n) is 6.40. The third-order valence-corrected chi connectivity index (χ3v) is 8.18. The summed E-state index contributed by atoms with van der Waals surface area (Å²) in [5.41, 5.74) is -0.157. The number of carbonyl (C=O) groups is 3. The fourth-order valence-corrected chi connectivity index (χ4v) is 5.75. The van der Waals surface area contributed by atoms with Gasteiger partial charge in [-0.25, -0.2) is 13.2 Å². The summed E-state index contributed by atoms with van der Waals surface area (Å²) in [6, 6.07) is 14.0. The highest BCUT2D eigenvalue weighted by Gasteiger charge is 2.51. The molecule has 1 heterocycles. The molecule has 0 unspecified atom stereocenters. The molecule has 34 heavy (non-hydrogen) atoms. The van der Waals surface area contributed by atoms with Gasteiger partial charge >= 0.3 is 6.03 Å². The van der Waals surface area contributed by atoms with Crippen LogP contribution in [-0.4, -0.2) is 50.3 Å². The number of hydrogen-bond donors (Lipinski definition) is 2. The molecular weight excluding hydrogens is 456 g/mol. The summed E-state index contributed by atoms with van der Waals surface area (Å²) in [6.07, 6.45) is 4.89. The molecule has 2 N–H and O–H groups in total. The zero-order valence-corrected chi connectivity index (χ0v) is 19.8. The van der Waals surface area contributed by atoms with Gasteiger partial charge in [-0.1, -0.05) is 49.9 Å². The van der Waals surface area contributed by atoms with Gasteiger partial charge in [0.05, 0.1) is 10.6 Å². The fraction of sp³-hybridized carbons (Fsp3) is 0.375. The second kappa shape index (κ2) is 9.46. The topological polar surface area (TPSA) is 116 Å². The molecule has 2 fully saturated rings. The van der Waals surface area contributed by atoms with E-state index in [4.69, 9.17) is 0 Å². The number of nitrogens with zero attached hydrogens (tertiary/aromatic N) is 2. The van der Waals surface area contributed by atoms with E-state index in [0.717, 1.165) is 34.9 Å². The molecule has 10 heteroatoms. The van der Waals surface area contributed by atoms with Crippen molar-refractivity contribution in [3.63, 3.8) is 0 Å². The summed E-state index contributed by atoms with van der Waals surface area (Å²) in [7, 11) is -2.40. The maximum atomic E-state index is 13.0. The summed E-state index contributed by atoms with van der Waals surface area (Å²) < 4.78 is 27.2. The lowest BCUT2D eigenvalue weighted by Gasteiger charge is -2.24. The van der Waals surface area contributed by atoms with Crippen molar-refractivity contribution in [2.75, 3.05) is 23.2 Å². The largest absolute Gasteiger partial charge is 0.325 e. The van der Waals surface area contributed by atoms with Crippen LogP contribution in [0, 0.1) is 0 Å². The van der Waals surface area contributed by atoms with Crippen LogP contribution in [0.25, 0.3) is 0 Å². The van der Waals surface area contributed by atoms with E-state index in [9.17, 15) is 22.8 Å². The second-order valence-electron chi connectivity index (χ2n) is 8.70. The van der Waals surface area contributed by atoms with Crippen LogP contribution in [0.2, 0.25) is 0 Å². The zero-order valence-electron chi connectivity index (χ0n) is 19.0. The SMILES string of the molecule is CN(c1ccccc1)S(=O)(=O)c1cccc(NC(=O)CN2C(=O)NC3(CCCCCC3)C2=O)c1. The average molecular weight is 485 g/mol. The molecule has 2 aromatic rings. The Kier molecular flexibility index (Phi) is 6.60. The fourth-order valence-electron chi connectivity index (χ4n) is 4.50. The lowest BCUT2D eigenvalue weighted by molar-refractivity contribution is -0.134. The summed E-state index contributed by atoms with van der Waals surface area (Å²) in [5.74, 6) is -0.949. The molecule has 2 aliphatic rings. The first-order valence-corrected chi connectivity index (χ1v) is 12.7. The quantitative estimate of drug-likeness (QED) is 0.612. The van der Waals surface area contributed by atoms with E-state index in [0.29, 0.717) is 18.5 Å². The number of nitrogens with one attached hydrogen (secondary N) is 2. The molecule has 1 spiro atoms. The molecule has 1 aliphatic carbocycles. The predicted octanol–water partition coefficient (Wildman–Crippen LogP) is 3.10. The maximum Gasteiger partial charge on any atom is 0.325 e. The molecule has 4 amide bonds.